The van der Waals surface area contributed by atoms with Crippen molar-refractivity contribution in [1.82, 2.24) is 4.90 Å². The highest BCUT2D eigenvalue weighted by molar-refractivity contribution is 6.38. The molecule has 1 aliphatic heterocycles. The summed E-state index contributed by atoms with van der Waals surface area (Å²) in [5, 5.41) is 0.668. The van der Waals surface area contributed by atoms with Crippen molar-refractivity contribution in [3.8, 4) is 0 Å². The van der Waals surface area contributed by atoms with Gasteiger partial charge in [-0.05, 0) is 26.0 Å². The van der Waals surface area contributed by atoms with E-state index in [-0.39, 0.29) is 18.1 Å². The second-order valence-electron chi connectivity index (χ2n) is 4.82. The molecule has 0 unspecified atom stereocenters. The number of amides is 1. The lowest BCUT2D eigenvalue weighted by molar-refractivity contribution is -0.0586. The average Bonchev–Trinajstić information content (AvgIpc) is 2.31. The summed E-state index contributed by atoms with van der Waals surface area (Å²) in [6, 6.07) is 3.02. The maximum atomic E-state index is 12.5. The molecule has 1 heterocycles. The fraction of sp³-hybridized carbons (Fsp3) is 0.462. The molecule has 6 heteroatoms. The fourth-order valence-electron chi connectivity index (χ4n) is 2.24. The molecule has 4 nitrogen and oxygen atoms in total. The van der Waals surface area contributed by atoms with E-state index >= 15 is 0 Å². The van der Waals surface area contributed by atoms with Gasteiger partial charge in [-0.15, -0.1) is 0 Å². The second kappa shape index (κ2) is 5.57. The monoisotopic (exact) mass is 302 g/mol. The first-order valence-electron chi connectivity index (χ1n) is 6.07. The Morgan fingerprint density at radius 2 is 1.84 bits per heavy atom. The maximum Gasteiger partial charge on any atom is 0.255 e. The SMILES string of the molecule is C[C@H]1CN(C(=O)c2cc(N)c(Cl)cc2Cl)C[C@H](C)O1. The minimum atomic E-state index is -0.143. The fourth-order valence-corrected chi connectivity index (χ4v) is 2.71. The van der Waals surface area contributed by atoms with E-state index in [1.165, 1.54) is 12.1 Å². The van der Waals surface area contributed by atoms with Crippen LogP contribution in [0.3, 0.4) is 0 Å². The Kier molecular flexibility index (Phi) is 4.23. The number of carbonyl (C=O) groups excluding carboxylic acids is 1. The molecule has 1 saturated heterocycles. The van der Waals surface area contributed by atoms with Crippen LogP contribution in [0, 0.1) is 0 Å². The van der Waals surface area contributed by atoms with Gasteiger partial charge in [-0.2, -0.15) is 0 Å². The van der Waals surface area contributed by atoms with E-state index in [2.05, 4.69) is 0 Å². The van der Waals surface area contributed by atoms with E-state index in [0.29, 0.717) is 34.4 Å². The average molecular weight is 303 g/mol. The van der Waals surface area contributed by atoms with Gasteiger partial charge < -0.3 is 15.4 Å². The largest absolute Gasteiger partial charge is 0.398 e. The normalized spacial score (nSPS) is 23.5. The third-order valence-electron chi connectivity index (χ3n) is 3.02. The third kappa shape index (κ3) is 3.14. The predicted molar refractivity (Wildman–Crippen MR) is 76.8 cm³/mol. The topological polar surface area (TPSA) is 55.6 Å². The molecular weight excluding hydrogens is 287 g/mol. The highest BCUT2D eigenvalue weighted by Gasteiger charge is 2.28. The number of hydrogen-bond donors (Lipinski definition) is 1. The molecule has 0 radical (unpaired) electrons. The molecule has 0 aromatic heterocycles. The Hall–Kier alpha value is -0.970. The lowest BCUT2D eigenvalue weighted by atomic mass is 10.1. The van der Waals surface area contributed by atoms with E-state index in [1.807, 2.05) is 13.8 Å². The van der Waals surface area contributed by atoms with Crippen LogP contribution in [-0.4, -0.2) is 36.1 Å². The van der Waals surface area contributed by atoms with Gasteiger partial charge in [0.15, 0.2) is 0 Å². The van der Waals surface area contributed by atoms with Crippen LogP contribution in [0.15, 0.2) is 12.1 Å². The summed E-state index contributed by atoms with van der Waals surface area (Å²) in [7, 11) is 0. The summed E-state index contributed by atoms with van der Waals surface area (Å²) in [6.45, 7) is 4.96. The first-order valence-corrected chi connectivity index (χ1v) is 6.83. The van der Waals surface area contributed by atoms with Crippen molar-refractivity contribution in [2.75, 3.05) is 18.8 Å². The van der Waals surface area contributed by atoms with Gasteiger partial charge in [0.1, 0.15) is 0 Å². The number of nitrogen functional groups attached to an aromatic ring is 1. The number of anilines is 1. The Balaban J connectivity index is 2.26. The highest BCUT2D eigenvalue weighted by atomic mass is 35.5. The zero-order valence-electron chi connectivity index (χ0n) is 10.8. The van der Waals surface area contributed by atoms with Gasteiger partial charge >= 0.3 is 0 Å². The van der Waals surface area contributed by atoms with Gasteiger partial charge in [0, 0.05) is 13.1 Å². The summed E-state index contributed by atoms with van der Waals surface area (Å²) in [5.74, 6) is -0.143. The van der Waals surface area contributed by atoms with Gasteiger partial charge in [0.2, 0.25) is 0 Å². The van der Waals surface area contributed by atoms with E-state index < -0.39 is 0 Å². The van der Waals surface area contributed by atoms with Crippen molar-refractivity contribution in [2.45, 2.75) is 26.1 Å². The van der Waals surface area contributed by atoms with Crippen LogP contribution in [0.4, 0.5) is 5.69 Å². The van der Waals surface area contributed by atoms with E-state index in [0.717, 1.165) is 0 Å². The zero-order chi connectivity index (χ0) is 14.2. The maximum absolute atomic E-state index is 12.5. The lowest BCUT2D eigenvalue weighted by Crippen LogP contribution is -2.48. The molecular formula is C13H16Cl2N2O2. The van der Waals surface area contributed by atoms with Crippen LogP contribution >= 0.6 is 23.2 Å². The van der Waals surface area contributed by atoms with Crippen molar-refractivity contribution in [2.24, 2.45) is 0 Å². The van der Waals surface area contributed by atoms with Crippen LogP contribution in [0.1, 0.15) is 24.2 Å². The van der Waals surface area contributed by atoms with Crippen molar-refractivity contribution in [3.63, 3.8) is 0 Å². The van der Waals surface area contributed by atoms with Gasteiger partial charge in [0.25, 0.3) is 5.91 Å². The van der Waals surface area contributed by atoms with Crippen LogP contribution in [0.25, 0.3) is 0 Å². The molecule has 1 aliphatic rings. The number of rotatable bonds is 1. The zero-order valence-corrected chi connectivity index (χ0v) is 12.3. The number of morpholine rings is 1. The van der Waals surface area contributed by atoms with E-state index in [9.17, 15) is 4.79 Å². The summed E-state index contributed by atoms with van der Waals surface area (Å²) >= 11 is 11.9. The lowest BCUT2D eigenvalue weighted by Gasteiger charge is -2.35. The van der Waals surface area contributed by atoms with Gasteiger partial charge in [-0.1, -0.05) is 23.2 Å². The summed E-state index contributed by atoms with van der Waals surface area (Å²) in [5.41, 5.74) is 6.46. The number of halogens is 2. The molecule has 0 spiro atoms. The quantitative estimate of drug-likeness (QED) is 0.812. The number of nitrogens with zero attached hydrogens (tertiary/aromatic N) is 1. The van der Waals surface area contributed by atoms with Crippen LogP contribution in [0.5, 0.6) is 0 Å². The number of nitrogens with two attached hydrogens (primary N) is 1. The number of ether oxygens (including phenoxy) is 1. The van der Waals surface area contributed by atoms with Crippen molar-refractivity contribution < 1.29 is 9.53 Å². The number of benzene rings is 1. The van der Waals surface area contributed by atoms with E-state index in [4.69, 9.17) is 33.7 Å². The molecule has 19 heavy (non-hydrogen) atoms. The number of hydrogen-bond acceptors (Lipinski definition) is 3. The minimum Gasteiger partial charge on any atom is -0.398 e. The number of carbonyl (C=O) groups is 1. The summed E-state index contributed by atoms with van der Waals surface area (Å²) in [4.78, 5) is 14.2. The molecule has 2 atom stereocenters. The Morgan fingerprint density at radius 3 is 2.42 bits per heavy atom. The van der Waals surface area contributed by atoms with Crippen molar-refractivity contribution >= 4 is 34.8 Å². The molecule has 2 N–H and O–H groups in total. The Labute approximate surface area is 122 Å². The van der Waals surface area contributed by atoms with Gasteiger partial charge in [0.05, 0.1) is 33.5 Å². The Morgan fingerprint density at radius 1 is 1.26 bits per heavy atom. The van der Waals surface area contributed by atoms with E-state index in [1.54, 1.807) is 4.90 Å². The molecule has 1 aromatic carbocycles. The molecule has 0 aliphatic carbocycles. The van der Waals surface area contributed by atoms with Gasteiger partial charge in [-0.3, -0.25) is 4.79 Å². The first kappa shape index (κ1) is 14.4. The predicted octanol–water partition coefficient (Wildman–Crippen LogP) is 2.83. The third-order valence-corrected chi connectivity index (χ3v) is 3.66. The summed E-state index contributed by atoms with van der Waals surface area (Å²) < 4.78 is 5.60. The van der Waals surface area contributed by atoms with Crippen LogP contribution in [0.2, 0.25) is 10.0 Å². The van der Waals surface area contributed by atoms with Crippen molar-refractivity contribution in [3.05, 3.63) is 27.7 Å². The molecule has 1 fully saturated rings. The first-order chi connectivity index (χ1) is 8.88. The molecule has 2 rings (SSSR count). The van der Waals surface area contributed by atoms with Crippen molar-refractivity contribution in [1.29, 1.82) is 0 Å². The Bertz CT molecular complexity index is 498. The molecule has 1 amide bonds. The van der Waals surface area contributed by atoms with Crippen LogP contribution < -0.4 is 5.73 Å². The minimum absolute atomic E-state index is 0.0103. The van der Waals surface area contributed by atoms with Crippen LogP contribution in [-0.2, 0) is 4.74 Å². The smallest absolute Gasteiger partial charge is 0.255 e. The summed E-state index contributed by atoms with van der Waals surface area (Å²) in [6.07, 6.45) is 0.0206. The molecule has 1 aromatic rings. The highest BCUT2D eigenvalue weighted by Crippen LogP contribution is 2.28. The van der Waals surface area contributed by atoms with Gasteiger partial charge in [-0.25, -0.2) is 0 Å². The second-order valence-corrected chi connectivity index (χ2v) is 5.64. The molecule has 0 bridgehead atoms. The molecule has 104 valence electrons. The standard InChI is InChI=1S/C13H16Cl2N2O2/c1-7-5-17(6-8(2)19-7)13(18)9-3-12(16)11(15)4-10(9)14/h3-4,7-8H,5-6,16H2,1-2H3/t7-,8-/m0/s1. The molecule has 0 saturated carbocycles.